The first kappa shape index (κ1) is 18.4. The number of hydrogen-bond acceptors (Lipinski definition) is 3. The third-order valence-corrected chi connectivity index (χ3v) is 3.88. The predicted octanol–water partition coefficient (Wildman–Crippen LogP) is 4.15. The number of hydrogen-bond donors (Lipinski definition) is 2. The molecule has 0 saturated carbocycles. The van der Waals surface area contributed by atoms with Crippen LogP contribution >= 0.6 is 28.1 Å². The van der Waals surface area contributed by atoms with Crippen molar-refractivity contribution in [3.63, 3.8) is 0 Å². The first-order valence-corrected chi connectivity index (χ1v) is 8.83. The van der Waals surface area contributed by atoms with E-state index in [0.29, 0.717) is 11.7 Å². The van der Waals surface area contributed by atoms with Gasteiger partial charge in [-0.15, -0.1) is 0 Å². The molecule has 4 nitrogen and oxygen atoms in total. The zero-order valence-corrected chi connectivity index (χ0v) is 16.1. The van der Waals surface area contributed by atoms with Crippen molar-refractivity contribution in [3.8, 4) is 5.75 Å². The molecule has 0 amide bonds. The number of rotatable bonds is 6. The van der Waals surface area contributed by atoms with Crippen molar-refractivity contribution in [2.45, 2.75) is 20.5 Å². The molecule has 2 N–H and O–H groups in total. The van der Waals surface area contributed by atoms with Gasteiger partial charge in [0, 0.05) is 16.6 Å². The van der Waals surface area contributed by atoms with Gasteiger partial charge in [-0.3, -0.25) is 5.43 Å². The standard InChI is InChI=1S/C18H20BrN3OS/c1-3-20-18(24)22-21-11-15-10-16(19)7-8-17(15)23-12-14-6-4-5-13(2)9-14/h4-11H,3,12H2,1-2H3,(H2,20,22,24)/b21-11-. The van der Waals surface area contributed by atoms with Crippen molar-refractivity contribution in [3.05, 3.63) is 63.6 Å². The molecule has 2 aromatic rings. The summed E-state index contributed by atoms with van der Waals surface area (Å²) >= 11 is 8.55. The summed E-state index contributed by atoms with van der Waals surface area (Å²) in [5.74, 6) is 0.764. The second-order valence-electron chi connectivity index (χ2n) is 5.19. The van der Waals surface area contributed by atoms with E-state index in [2.05, 4.69) is 56.9 Å². The highest BCUT2D eigenvalue weighted by Gasteiger charge is 2.04. The van der Waals surface area contributed by atoms with E-state index in [1.807, 2.05) is 31.2 Å². The average Bonchev–Trinajstić information content (AvgIpc) is 2.54. The van der Waals surface area contributed by atoms with Gasteiger partial charge in [0.25, 0.3) is 0 Å². The lowest BCUT2D eigenvalue weighted by molar-refractivity contribution is 0.305. The summed E-state index contributed by atoms with van der Waals surface area (Å²) in [5.41, 5.74) is 5.99. The molecule has 0 atom stereocenters. The quantitative estimate of drug-likeness (QED) is 0.430. The second-order valence-corrected chi connectivity index (χ2v) is 6.51. The summed E-state index contributed by atoms with van der Waals surface area (Å²) in [6, 6.07) is 14.1. The van der Waals surface area contributed by atoms with Crippen LogP contribution < -0.4 is 15.5 Å². The van der Waals surface area contributed by atoms with Crippen LogP contribution in [-0.4, -0.2) is 17.9 Å². The van der Waals surface area contributed by atoms with Crippen LogP contribution in [0.5, 0.6) is 5.75 Å². The Morgan fingerprint density at radius 3 is 2.88 bits per heavy atom. The topological polar surface area (TPSA) is 45.7 Å². The minimum Gasteiger partial charge on any atom is -0.488 e. The van der Waals surface area contributed by atoms with Gasteiger partial charge >= 0.3 is 0 Å². The van der Waals surface area contributed by atoms with Crippen molar-refractivity contribution in [1.29, 1.82) is 0 Å². The molecule has 0 aromatic heterocycles. The van der Waals surface area contributed by atoms with E-state index >= 15 is 0 Å². The van der Waals surface area contributed by atoms with Gasteiger partial charge in [0.15, 0.2) is 5.11 Å². The number of thiocarbonyl (C=S) groups is 1. The van der Waals surface area contributed by atoms with Gasteiger partial charge in [0.1, 0.15) is 12.4 Å². The maximum atomic E-state index is 5.95. The van der Waals surface area contributed by atoms with E-state index in [1.165, 1.54) is 5.56 Å². The summed E-state index contributed by atoms with van der Waals surface area (Å²) in [4.78, 5) is 0. The number of benzene rings is 2. The van der Waals surface area contributed by atoms with E-state index in [1.54, 1.807) is 6.21 Å². The maximum Gasteiger partial charge on any atom is 0.186 e. The molecule has 2 rings (SSSR count). The van der Waals surface area contributed by atoms with Gasteiger partial charge < -0.3 is 10.1 Å². The van der Waals surface area contributed by atoms with E-state index < -0.39 is 0 Å². The molecule has 0 unspecified atom stereocenters. The Labute approximate surface area is 156 Å². The molecule has 0 fully saturated rings. The highest BCUT2D eigenvalue weighted by atomic mass is 79.9. The van der Waals surface area contributed by atoms with Gasteiger partial charge in [-0.2, -0.15) is 5.10 Å². The van der Waals surface area contributed by atoms with Gasteiger partial charge in [-0.1, -0.05) is 45.8 Å². The molecule has 0 heterocycles. The van der Waals surface area contributed by atoms with Gasteiger partial charge in [-0.05, 0) is 49.8 Å². The Bertz CT molecular complexity index is 734. The minimum absolute atomic E-state index is 0.492. The van der Waals surface area contributed by atoms with Crippen molar-refractivity contribution in [1.82, 2.24) is 10.7 Å². The number of aryl methyl sites for hydroxylation is 1. The van der Waals surface area contributed by atoms with E-state index in [9.17, 15) is 0 Å². The second kappa shape index (κ2) is 9.39. The van der Waals surface area contributed by atoms with Crippen LogP contribution in [-0.2, 0) is 6.61 Å². The fourth-order valence-electron chi connectivity index (χ4n) is 2.08. The first-order valence-electron chi connectivity index (χ1n) is 7.63. The Morgan fingerprint density at radius 2 is 2.12 bits per heavy atom. The van der Waals surface area contributed by atoms with Crippen LogP contribution in [0.4, 0.5) is 0 Å². The molecular weight excluding hydrogens is 386 g/mol. The van der Waals surface area contributed by atoms with Gasteiger partial charge in [0.2, 0.25) is 0 Å². The highest BCUT2D eigenvalue weighted by molar-refractivity contribution is 9.10. The molecule has 6 heteroatoms. The molecule has 24 heavy (non-hydrogen) atoms. The summed E-state index contributed by atoms with van der Waals surface area (Å²) < 4.78 is 6.91. The lowest BCUT2D eigenvalue weighted by atomic mass is 10.1. The van der Waals surface area contributed by atoms with Gasteiger partial charge in [0.05, 0.1) is 6.21 Å². The summed E-state index contributed by atoms with van der Waals surface area (Å²) in [6.45, 7) is 5.31. The van der Waals surface area contributed by atoms with E-state index in [-0.39, 0.29) is 0 Å². The van der Waals surface area contributed by atoms with Crippen LogP contribution in [0.2, 0.25) is 0 Å². The van der Waals surface area contributed by atoms with Crippen molar-refractivity contribution < 1.29 is 4.74 Å². The van der Waals surface area contributed by atoms with Crippen LogP contribution in [0.3, 0.4) is 0 Å². The average molecular weight is 406 g/mol. The Balaban J connectivity index is 2.06. The molecule has 0 aliphatic rings. The normalized spacial score (nSPS) is 10.6. The largest absolute Gasteiger partial charge is 0.488 e. The zero-order valence-electron chi connectivity index (χ0n) is 13.7. The van der Waals surface area contributed by atoms with Crippen LogP contribution in [0.1, 0.15) is 23.6 Å². The minimum atomic E-state index is 0.492. The third kappa shape index (κ3) is 5.94. The fourth-order valence-corrected chi connectivity index (χ4v) is 2.65. The maximum absolute atomic E-state index is 5.95. The number of halogens is 1. The Kier molecular flexibility index (Phi) is 7.21. The number of nitrogens with one attached hydrogen (secondary N) is 2. The molecule has 0 bridgehead atoms. The third-order valence-electron chi connectivity index (χ3n) is 3.16. The molecule has 2 aromatic carbocycles. The number of nitrogens with zero attached hydrogens (tertiary/aromatic N) is 1. The van der Waals surface area contributed by atoms with Gasteiger partial charge in [-0.25, -0.2) is 0 Å². The summed E-state index contributed by atoms with van der Waals surface area (Å²) in [7, 11) is 0. The van der Waals surface area contributed by atoms with E-state index in [4.69, 9.17) is 17.0 Å². The highest BCUT2D eigenvalue weighted by Crippen LogP contribution is 2.23. The van der Waals surface area contributed by atoms with Crippen LogP contribution in [0.25, 0.3) is 0 Å². The first-order chi connectivity index (χ1) is 11.6. The lowest BCUT2D eigenvalue weighted by Gasteiger charge is -2.10. The smallest absolute Gasteiger partial charge is 0.186 e. The zero-order chi connectivity index (χ0) is 17.4. The molecule has 0 spiro atoms. The number of ether oxygens (including phenoxy) is 1. The Hall–Kier alpha value is -1.92. The SMILES string of the molecule is CCNC(=S)N/N=C\c1cc(Br)ccc1OCc1cccc(C)c1. The molecule has 0 aliphatic heterocycles. The molecule has 126 valence electrons. The predicted molar refractivity (Wildman–Crippen MR) is 107 cm³/mol. The molecular formula is C18H20BrN3OS. The monoisotopic (exact) mass is 405 g/mol. The molecule has 0 radical (unpaired) electrons. The van der Waals surface area contributed by atoms with Crippen LogP contribution in [0.15, 0.2) is 52.0 Å². The number of hydrazone groups is 1. The molecule has 0 aliphatic carbocycles. The van der Waals surface area contributed by atoms with Crippen molar-refractivity contribution in [2.75, 3.05) is 6.54 Å². The summed E-state index contributed by atoms with van der Waals surface area (Å²) in [6.07, 6.45) is 1.69. The lowest BCUT2D eigenvalue weighted by Crippen LogP contribution is -2.31. The van der Waals surface area contributed by atoms with Crippen molar-refractivity contribution in [2.24, 2.45) is 5.10 Å². The van der Waals surface area contributed by atoms with Crippen LogP contribution in [0, 0.1) is 6.92 Å². The summed E-state index contributed by atoms with van der Waals surface area (Å²) in [5, 5.41) is 7.62. The fraction of sp³-hybridized carbons (Fsp3) is 0.222. The molecule has 0 saturated heterocycles. The van der Waals surface area contributed by atoms with E-state index in [0.717, 1.165) is 27.9 Å². The Morgan fingerprint density at radius 1 is 1.29 bits per heavy atom. The van der Waals surface area contributed by atoms with Crippen molar-refractivity contribution >= 4 is 39.5 Å².